The lowest BCUT2D eigenvalue weighted by atomic mass is 10.1. The van der Waals surface area contributed by atoms with Gasteiger partial charge in [0.05, 0.1) is 0 Å². The Kier molecular flexibility index (Phi) is 3.72. The minimum absolute atomic E-state index is 0.280. The second-order valence-corrected chi connectivity index (χ2v) is 3.56. The zero-order chi connectivity index (χ0) is 11.4. The third kappa shape index (κ3) is 2.98. The van der Waals surface area contributed by atoms with Gasteiger partial charge in [-0.3, -0.25) is 4.79 Å². The first-order valence-electron chi connectivity index (χ1n) is 5.08. The van der Waals surface area contributed by atoms with E-state index in [1.54, 1.807) is 0 Å². The van der Waals surface area contributed by atoms with E-state index >= 15 is 0 Å². The summed E-state index contributed by atoms with van der Waals surface area (Å²) in [7, 11) is 0. The number of hydrogen-bond acceptors (Lipinski definition) is 3. The summed E-state index contributed by atoms with van der Waals surface area (Å²) in [6.45, 7) is 8.21. The van der Waals surface area contributed by atoms with Crippen molar-refractivity contribution in [3.8, 4) is 5.75 Å². The van der Waals surface area contributed by atoms with Crippen molar-refractivity contribution in [1.29, 1.82) is 0 Å². The van der Waals surface area contributed by atoms with Gasteiger partial charge in [-0.05, 0) is 44.0 Å². The summed E-state index contributed by atoms with van der Waals surface area (Å²) >= 11 is 0. The fourth-order valence-corrected chi connectivity index (χ4v) is 1.56. The van der Waals surface area contributed by atoms with Crippen LogP contribution in [-0.4, -0.2) is 12.5 Å². The van der Waals surface area contributed by atoms with E-state index in [9.17, 15) is 4.79 Å². The minimum Gasteiger partial charge on any atom is -0.426 e. The third-order valence-electron chi connectivity index (χ3n) is 2.09. The number of carbonyl (C=O) groups excluding carboxylic acids is 1. The topological polar surface area (TPSA) is 38.3 Å². The zero-order valence-corrected chi connectivity index (χ0v) is 9.68. The van der Waals surface area contributed by atoms with Crippen LogP contribution in [0.3, 0.4) is 0 Å². The molecule has 0 aliphatic heterocycles. The highest BCUT2D eigenvalue weighted by atomic mass is 16.5. The van der Waals surface area contributed by atoms with Crippen LogP contribution in [0.4, 0.5) is 5.69 Å². The van der Waals surface area contributed by atoms with Crippen LogP contribution in [0.1, 0.15) is 25.0 Å². The van der Waals surface area contributed by atoms with E-state index < -0.39 is 0 Å². The van der Waals surface area contributed by atoms with E-state index in [0.717, 1.165) is 23.4 Å². The van der Waals surface area contributed by atoms with Crippen molar-refractivity contribution in [3.05, 3.63) is 23.3 Å². The van der Waals surface area contributed by atoms with Crippen molar-refractivity contribution in [2.24, 2.45) is 0 Å². The monoisotopic (exact) mass is 207 g/mol. The Balaban J connectivity index is 3.03. The van der Waals surface area contributed by atoms with Crippen molar-refractivity contribution < 1.29 is 9.53 Å². The number of ether oxygens (including phenoxy) is 1. The summed E-state index contributed by atoms with van der Waals surface area (Å²) in [5, 5.41) is 3.23. The van der Waals surface area contributed by atoms with Crippen LogP contribution in [0.25, 0.3) is 0 Å². The number of carbonyl (C=O) groups is 1. The largest absolute Gasteiger partial charge is 0.426 e. The van der Waals surface area contributed by atoms with E-state index in [1.807, 2.05) is 32.9 Å². The van der Waals surface area contributed by atoms with Crippen molar-refractivity contribution in [2.45, 2.75) is 27.7 Å². The van der Waals surface area contributed by atoms with Gasteiger partial charge in [-0.15, -0.1) is 0 Å². The normalized spacial score (nSPS) is 9.87. The van der Waals surface area contributed by atoms with Crippen molar-refractivity contribution in [1.82, 2.24) is 0 Å². The molecule has 1 N–H and O–H groups in total. The average molecular weight is 207 g/mol. The fourth-order valence-electron chi connectivity index (χ4n) is 1.56. The van der Waals surface area contributed by atoms with E-state index in [-0.39, 0.29) is 5.97 Å². The second kappa shape index (κ2) is 4.82. The average Bonchev–Trinajstić information content (AvgIpc) is 2.11. The molecule has 0 aromatic heterocycles. The summed E-state index contributed by atoms with van der Waals surface area (Å²) in [4.78, 5) is 10.9. The van der Waals surface area contributed by atoms with Gasteiger partial charge < -0.3 is 10.1 Å². The number of nitrogens with one attached hydrogen (secondary N) is 1. The molecule has 0 unspecified atom stereocenters. The quantitative estimate of drug-likeness (QED) is 0.611. The highest BCUT2D eigenvalue weighted by Gasteiger charge is 2.08. The predicted octanol–water partition coefficient (Wildman–Crippen LogP) is 2.66. The molecule has 0 atom stereocenters. The first-order valence-corrected chi connectivity index (χ1v) is 5.08. The summed E-state index contributed by atoms with van der Waals surface area (Å²) in [5.41, 5.74) is 3.01. The van der Waals surface area contributed by atoms with Crippen LogP contribution in [0.15, 0.2) is 12.1 Å². The molecule has 0 aliphatic rings. The minimum atomic E-state index is -0.280. The molecule has 0 amide bonds. The third-order valence-corrected chi connectivity index (χ3v) is 2.09. The Bertz CT molecular complexity index is 349. The van der Waals surface area contributed by atoms with Gasteiger partial charge in [0, 0.05) is 19.2 Å². The lowest BCUT2D eigenvalue weighted by molar-refractivity contribution is -0.131. The van der Waals surface area contributed by atoms with Crippen LogP contribution in [0.5, 0.6) is 5.75 Å². The Hall–Kier alpha value is -1.51. The molecule has 1 rings (SSSR count). The number of rotatable bonds is 3. The Morgan fingerprint density at radius 2 is 1.87 bits per heavy atom. The van der Waals surface area contributed by atoms with E-state index in [4.69, 9.17) is 4.74 Å². The number of benzene rings is 1. The van der Waals surface area contributed by atoms with Crippen LogP contribution < -0.4 is 10.1 Å². The molecule has 0 radical (unpaired) electrons. The molecule has 0 spiro atoms. The molecule has 1 aromatic rings. The smallest absolute Gasteiger partial charge is 0.308 e. The Labute approximate surface area is 90.4 Å². The predicted molar refractivity (Wildman–Crippen MR) is 61.4 cm³/mol. The molecule has 0 fully saturated rings. The van der Waals surface area contributed by atoms with Gasteiger partial charge in [0.25, 0.3) is 0 Å². The summed E-state index contributed by atoms with van der Waals surface area (Å²) in [6.07, 6.45) is 0. The molecule has 1 aromatic carbocycles. The molecule has 82 valence electrons. The van der Waals surface area contributed by atoms with Gasteiger partial charge in [0.15, 0.2) is 0 Å². The van der Waals surface area contributed by atoms with E-state index in [0.29, 0.717) is 5.75 Å². The molecule has 0 saturated heterocycles. The molecular weight excluding hydrogens is 190 g/mol. The number of esters is 1. The van der Waals surface area contributed by atoms with E-state index in [1.165, 1.54) is 6.92 Å². The Morgan fingerprint density at radius 1 is 1.33 bits per heavy atom. The molecule has 0 heterocycles. The van der Waals surface area contributed by atoms with E-state index in [2.05, 4.69) is 5.32 Å². The molecule has 0 bridgehead atoms. The van der Waals surface area contributed by atoms with Gasteiger partial charge in [-0.25, -0.2) is 0 Å². The number of hydrogen-bond donors (Lipinski definition) is 1. The summed E-state index contributed by atoms with van der Waals surface area (Å²) in [5.74, 6) is 0.390. The van der Waals surface area contributed by atoms with Crippen LogP contribution in [0.2, 0.25) is 0 Å². The SMILES string of the molecule is CCNc1cc(C)c(OC(C)=O)c(C)c1. The lowest BCUT2D eigenvalue weighted by Gasteiger charge is -2.12. The molecule has 3 heteroatoms. The number of anilines is 1. The Morgan fingerprint density at radius 3 is 2.27 bits per heavy atom. The van der Waals surface area contributed by atoms with Gasteiger partial charge in [-0.2, -0.15) is 0 Å². The second-order valence-electron chi connectivity index (χ2n) is 3.56. The van der Waals surface area contributed by atoms with Crippen LogP contribution in [0, 0.1) is 13.8 Å². The van der Waals surface area contributed by atoms with Crippen molar-refractivity contribution in [3.63, 3.8) is 0 Å². The van der Waals surface area contributed by atoms with Crippen LogP contribution >= 0.6 is 0 Å². The van der Waals surface area contributed by atoms with Gasteiger partial charge in [-0.1, -0.05) is 0 Å². The first kappa shape index (κ1) is 11.6. The molecular formula is C12H17NO2. The maximum Gasteiger partial charge on any atom is 0.308 e. The van der Waals surface area contributed by atoms with Gasteiger partial charge in [0.2, 0.25) is 0 Å². The van der Waals surface area contributed by atoms with Crippen LogP contribution in [-0.2, 0) is 4.79 Å². The maximum atomic E-state index is 10.9. The highest BCUT2D eigenvalue weighted by molar-refractivity contribution is 5.71. The fraction of sp³-hybridized carbons (Fsp3) is 0.417. The highest BCUT2D eigenvalue weighted by Crippen LogP contribution is 2.27. The van der Waals surface area contributed by atoms with Gasteiger partial charge in [0.1, 0.15) is 5.75 Å². The summed E-state index contributed by atoms with van der Waals surface area (Å²) in [6, 6.07) is 3.96. The van der Waals surface area contributed by atoms with Crippen molar-refractivity contribution >= 4 is 11.7 Å². The molecule has 0 aliphatic carbocycles. The maximum absolute atomic E-state index is 10.9. The van der Waals surface area contributed by atoms with Crippen molar-refractivity contribution in [2.75, 3.05) is 11.9 Å². The number of aryl methyl sites for hydroxylation is 2. The standard InChI is InChI=1S/C12H17NO2/c1-5-13-11-6-8(2)12(9(3)7-11)15-10(4)14/h6-7,13H,5H2,1-4H3. The first-order chi connectivity index (χ1) is 7.04. The lowest BCUT2D eigenvalue weighted by Crippen LogP contribution is -2.05. The summed E-state index contributed by atoms with van der Waals surface area (Å²) < 4.78 is 5.14. The molecule has 3 nitrogen and oxygen atoms in total. The van der Waals surface area contributed by atoms with Gasteiger partial charge >= 0.3 is 5.97 Å². The zero-order valence-electron chi connectivity index (χ0n) is 9.68. The molecule has 15 heavy (non-hydrogen) atoms. The molecule has 0 saturated carbocycles.